The smallest absolute Gasteiger partial charge is 0.256 e. The number of benzene rings is 3. The number of nitrogens with one attached hydrogen (secondary N) is 1. The van der Waals surface area contributed by atoms with Crippen molar-refractivity contribution in [1.29, 1.82) is 0 Å². The molecule has 7 nitrogen and oxygen atoms in total. The van der Waals surface area contributed by atoms with Gasteiger partial charge in [0, 0.05) is 53.3 Å². The van der Waals surface area contributed by atoms with Crippen molar-refractivity contribution in [3.05, 3.63) is 112 Å². The second-order valence-corrected chi connectivity index (χ2v) is 11.1. The third-order valence-electron chi connectivity index (χ3n) is 7.22. The first-order valence-corrected chi connectivity index (χ1v) is 14.3. The van der Waals surface area contributed by atoms with E-state index >= 15 is 0 Å². The molecule has 3 aromatic carbocycles. The Labute approximate surface area is 250 Å². The van der Waals surface area contributed by atoms with Crippen LogP contribution in [0.15, 0.2) is 77.3 Å². The summed E-state index contributed by atoms with van der Waals surface area (Å²) < 4.78 is 5.25. The molecule has 0 aliphatic rings. The fourth-order valence-electron chi connectivity index (χ4n) is 5.07. The Bertz CT molecular complexity index is 1760. The lowest BCUT2D eigenvalue weighted by Gasteiger charge is -2.17. The number of amides is 2. The highest BCUT2D eigenvalue weighted by atomic mass is 35.5. The molecule has 0 radical (unpaired) electrons. The molecule has 0 unspecified atom stereocenters. The summed E-state index contributed by atoms with van der Waals surface area (Å²) in [7, 11) is 1.80. The predicted octanol–water partition coefficient (Wildman–Crippen LogP) is 7.82. The van der Waals surface area contributed by atoms with Gasteiger partial charge in [0.2, 0.25) is 0 Å². The molecular weight excluding hydrogens is 548 g/mol. The third-order valence-corrected chi connectivity index (χ3v) is 7.55. The van der Waals surface area contributed by atoms with Gasteiger partial charge in [0.25, 0.3) is 11.8 Å². The molecule has 0 saturated heterocycles. The maximum absolute atomic E-state index is 13.6. The molecule has 0 atom stereocenters. The van der Waals surface area contributed by atoms with E-state index in [9.17, 15) is 9.59 Å². The van der Waals surface area contributed by atoms with Gasteiger partial charge in [-0.2, -0.15) is 0 Å². The van der Waals surface area contributed by atoms with E-state index in [2.05, 4.69) is 16.5 Å². The number of anilines is 1. The van der Waals surface area contributed by atoms with Crippen molar-refractivity contribution in [3.8, 4) is 11.3 Å². The van der Waals surface area contributed by atoms with Gasteiger partial charge in [0.1, 0.15) is 5.76 Å². The normalized spacial score (nSPS) is 11.1. The van der Waals surface area contributed by atoms with Gasteiger partial charge in [-0.25, -0.2) is 4.98 Å². The summed E-state index contributed by atoms with van der Waals surface area (Å²) in [6.07, 6.45) is 2.55. The Morgan fingerprint density at radius 2 is 1.71 bits per heavy atom. The summed E-state index contributed by atoms with van der Waals surface area (Å²) in [6.45, 7) is 6.52. The summed E-state index contributed by atoms with van der Waals surface area (Å²) in [5, 5.41) is 8.24. The molecule has 2 heterocycles. The lowest BCUT2D eigenvalue weighted by molar-refractivity contribution is 0.0792. The monoisotopic (exact) mass is 580 g/mol. The molecule has 5 aromatic rings. The maximum atomic E-state index is 13.6. The van der Waals surface area contributed by atoms with E-state index in [0.29, 0.717) is 34.1 Å². The Hall–Kier alpha value is -4.49. The first kappa shape index (κ1) is 29.0. The van der Waals surface area contributed by atoms with Gasteiger partial charge in [-0.3, -0.25) is 9.59 Å². The van der Waals surface area contributed by atoms with Crippen LogP contribution in [0, 0.1) is 20.8 Å². The number of hydrogen-bond donors (Lipinski definition) is 1. The molecule has 0 aliphatic heterocycles. The zero-order valence-corrected chi connectivity index (χ0v) is 25.0. The van der Waals surface area contributed by atoms with Gasteiger partial charge >= 0.3 is 0 Å². The molecule has 0 saturated carbocycles. The average Bonchev–Trinajstić information content (AvgIpc) is 3.39. The molecule has 8 heteroatoms. The highest BCUT2D eigenvalue weighted by molar-refractivity contribution is 6.33. The van der Waals surface area contributed by atoms with Crippen LogP contribution < -0.4 is 5.32 Å². The molecule has 1 N–H and O–H groups in total. The quantitative estimate of drug-likeness (QED) is 0.180. The third kappa shape index (κ3) is 6.52. The van der Waals surface area contributed by atoms with Crippen molar-refractivity contribution in [3.63, 3.8) is 0 Å². The Kier molecular flexibility index (Phi) is 8.69. The molecular formula is C34H33ClN4O3. The van der Waals surface area contributed by atoms with Crippen LogP contribution in [0.4, 0.5) is 5.69 Å². The molecule has 2 amide bonds. The minimum absolute atomic E-state index is 0.0705. The van der Waals surface area contributed by atoms with Gasteiger partial charge in [-0.15, -0.1) is 0 Å². The highest BCUT2D eigenvalue weighted by Crippen LogP contribution is 2.32. The van der Waals surface area contributed by atoms with Gasteiger partial charge in [0.15, 0.2) is 0 Å². The number of fused-ring (bicyclic) bond motifs is 1. The number of aryl methyl sites for hydroxylation is 4. The first-order valence-electron chi connectivity index (χ1n) is 14.0. The molecule has 0 aliphatic carbocycles. The van der Waals surface area contributed by atoms with Crippen molar-refractivity contribution < 1.29 is 14.1 Å². The van der Waals surface area contributed by atoms with E-state index in [1.54, 1.807) is 42.3 Å². The Morgan fingerprint density at radius 3 is 2.43 bits per heavy atom. The Morgan fingerprint density at radius 1 is 0.952 bits per heavy atom. The van der Waals surface area contributed by atoms with Crippen LogP contribution in [-0.2, 0) is 6.42 Å². The molecule has 0 bridgehead atoms. The fraction of sp³-hybridized carbons (Fsp3) is 0.235. The van der Waals surface area contributed by atoms with Crippen molar-refractivity contribution in [1.82, 2.24) is 15.0 Å². The molecule has 5 rings (SSSR count). The average molecular weight is 581 g/mol. The minimum Gasteiger partial charge on any atom is -0.361 e. The fourth-order valence-corrected chi connectivity index (χ4v) is 5.31. The van der Waals surface area contributed by atoms with Crippen molar-refractivity contribution in [2.24, 2.45) is 0 Å². The van der Waals surface area contributed by atoms with Gasteiger partial charge < -0.3 is 14.7 Å². The molecule has 0 fully saturated rings. The Balaban J connectivity index is 1.30. The standard InChI is InChI=1S/C34H33ClN4O3/c1-21-17-22(2)32-28(18-21)29(20-31(37-32)27-10-5-6-11-30(27)35)33(40)36-25-14-12-24(13-15-25)34(41)39(4)16-8-7-9-26-19-23(3)38-42-26/h5-6,10-15,17-20H,7-9,16H2,1-4H3,(H,36,40). The van der Waals surface area contributed by atoms with Crippen molar-refractivity contribution in [2.75, 3.05) is 18.9 Å². The van der Waals surface area contributed by atoms with E-state index in [0.717, 1.165) is 58.3 Å². The number of rotatable bonds is 9. The number of carbonyl (C=O) groups is 2. The summed E-state index contributed by atoms with van der Waals surface area (Å²) in [5.74, 6) is 0.530. The van der Waals surface area contributed by atoms with E-state index in [-0.39, 0.29) is 11.8 Å². The van der Waals surface area contributed by atoms with Crippen LogP contribution in [0.1, 0.15) is 56.1 Å². The second kappa shape index (κ2) is 12.6. The number of hydrogen-bond acceptors (Lipinski definition) is 5. The zero-order chi connectivity index (χ0) is 29.8. The summed E-state index contributed by atoms with van der Waals surface area (Å²) in [5.41, 5.74) is 6.69. The summed E-state index contributed by atoms with van der Waals surface area (Å²) in [6, 6.07) is 22.2. The SMILES string of the molecule is Cc1cc(C)c2nc(-c3ccccc3Cl)cc(C(=O)Nc3ccc(C(=O)N(C)CCCCc4cc(C)no4)cc3)c2c1. The van der Waals surface area contributed by atoms with Crippen LogP contribution in [-0.4, -0.2) is 40.4 Å². The van der Waals surface area contributed by atoms with Crippen molar-refractivity contribution >= 4 is 40.0 Å². The number of pyridine rings is 1. The van der Waals surface area contributed by atoms with Crippen LogP contribution in [0.25, 0.3) is 22.2 Å². The molecule has 2 aromatic heterocycles. The maximum Gasteiger partial charge on any atom is 0.256 e. The number of carbonyl (C=O) groups excluding carboxylic acids is 2. The summed E-state index contributed by atoms with van der Waals surface area (Å²) >= 11 is 6.48. The highest BCUT2D eigenvalue weighted by Gasteiger charge is 2.18. The minimum atomic E-state index is -0.265. The first-order chi connectivity index (χ1) is 20.2. The topological polar surface area (TPSA) is 88.3 Å². The van der Waals surface area contributed by atoms with Gasteiger partial charge in [-0.1, -0.05) is 46.6 Å². The number of nitrogens with zero attached hydrogens (tertiary/aromatic N) is 3. The van der Waals surface area contributed by atoms with Crippen LogP contribution in [0.5, 0.6) is 0 Å². The van der Waals surface area contributed by atoms with E-state index < -0.39 is 0 Å². The number of halogens is 1. The summed E-state index contributed by atoms with van der Waals surface area (Å²) in [4.78, 5) is 33.2. The number of unbranched alkanes of at least 4 members (excludes halogenated alkanes) is 1. The lowest BCUT2D eigenvalue weighted by Crippen LogP contribution is -2.27. The molecule has 0 spiro atoms. The van der Waals surface area contributed by atoms with E-state index in [4.69, 9.17) is 21.1 Å². The van der Waals surface area contributed by atoms with Gasteiger partial charge in [-0.05, 0) is 81.6 Å². The zero-order valence-electron chi connectivity index (χ0n) is 24.2. The van der Waals surface area contributed by atoms with Crippen molar-refractivity contribution in [2.45, 2.75) is 40.0 Å². The van der Waals surface area contributed by atoms with Crippen LogP contribution in [0.3, 0.4) is 0 Å². The van der Waals surface area contributed by atoms with Crippen LogP contribution >= 0.6 is 11.6 Å². The second-order valence-electron chi connectivity index (χ2n) is 10.7. The molecule has 42 heavy (non-hydrogen) atoms. The predicted molar refractivity (Wildman–Crippen MR) is 167 cm³/mol. The number of aromatic nitrogens is 2. The van der Waals surface area contributed by atoms with E-state index in [1.807, 2.05) is 57.2 Å². The molecule has 214 valence electrons. The van der Waals surface area contributed by atoms with Gasteiger partial charge in [0.05, 0.1) is 22.5 Å². The largest absolute Gasteiger partial charge is 0.361 e. The van der Waals surface area contributed by atoms with E-state index in [1.165, 1.54) is 0 Å². The lowest BCUT2D eigenvalue weighted by atomic mass is 9.99. The van der Waals surface area contributed by atoms with Crippen LogP contribution in [0.2, 0.25) is 5.02 Å².